The first-order valence-corrected chi connectivity index (χ1v) is 13.0. The van der Waals surface area contributed by atoms with E-state index in [1.165, 1.54) is 5.56 Å². The number of rotatable bonds is 4. The lowest BCUT2D eigenvalue weighted by Gasteiger charge is -2.17. The molecule has 0 radical (unpaired) electrons. The van der Waals surface area contributed by atoms with E-state index in [9.17, 15) is 0 Å². The van der Waals surface area contributed by atoms with Gasteiger partial charge in [-0.1, -0.05) is 103 Å². The second-order valence-corrected chi connectivity index (χ2v) is 9.80. The molecular weight excluding hydrogens is 490 g/mol. The van der Waals surface area contributed by atoms with Crippen LogP contribution in [0.15, 0.2) is 120 Å². The number of benzene rings is 4. The van der Waals surface area contributed by atoms with Gasteiger partial charge in [-0.25, -0.2) is 15.0 Å². The van der Waals surface area contributed by atoms with Gasteiger partial charge in [0.25, 0.3) is 0 Å². The van der Waals surface area contributed by atoms with Gasteiger partial charge >= 0.3 is 0 Å². The lowest BCUT2D eigenvalue weighted by Crippen LogP contribution is -2.05. The molecule has 4 aromatic carbocycles. The summed E-state index contributed by atoms with van der Waals surface area (Å²) in [5.74, 6) is 2.24. The highest BCUT2D eigenvalue weighted by Crippen LogP contribution is 2.37. The van der Waals surface area contributed by atoms with E-state index in [1.807, 2.05) is 72.8 Å². The van der Waals surface area contributed by atoms with E-state index in [1.54, 1.807) is 0 Å². The Balaban J connectivity index is 1.38. The molecule has 2 aromatic heterocycles. The Kier molecular flexibility index (Phi) is 5.60. The smallest absolute Gasteiger partial charge is 0.164 e. The molecule has 0 saturated heterocycles. The van der Waals surface area contributed by atoms with Crippen molar-refractivity contribution in [3.63, 3.8) is 0 Å². The van der Waals surface area contributed by atoms with Crippen LogP contribution in [0.1, 0.15) is 23.7 Å². The molecule has 182 valence electrons. The first kappa shape index (κ1) is 22.6. The Hall–Kier alpha value is -4.54. The Morgan fingerprint density at radius 3 is 2.26 bits per heavy atom. The Labute approximate surface area is 225 Å². The van der Waals surface area contributed by atoms with E-state index < -0.39 is 0 Å². The van der Waals surface area contributed by atoms with Crippen LogP contribution in [0, 0.1) is 0 Å². The van der Waals surface area contributed by atoms with Gasteiger partial charge in [0.15, 0.2) is 17.5 Å². The molecule has 0 amide bonds. The zero-order valence-corrected chi connectivity index (χ0v) is 21.1. The van der Waals surface area contributed by atoms with Crippen LogP contribution in [0.2, 0.25) is 5.02 Å². The Morgan fingerprint density at radius 1 is 0.711 bits per heavy atom. The number of aromatic nitrogens is 3. The van der Waals surface area contributed by atoms with E-state index in [4.69, 9.17) is 31.0 Å². The average Bonchev–Trinajstić information content (AvgIpc) is 3.35. The number of hydrogen-bond acceptors (Lipinski definition) is 4. The standard InChI is InChI=1S/C33H22ClN3O/c34-25-18-19-26-29(20-25)38-28-13-7-12-27(30(26)28)33-36-31(23-10-5-2-6-11-23)35-32(37-33)24-16-14-22(15-17-24)21-8-3-1-4-9-21/h1-14,16-20,22H,15H2. The number of nitrogens with zero attached hydrogens (tertiary/aromatic N) is 3. The maximum absolute atomic E-state index is 6.24. The van der Waals surface area contributed by atoms with Gasteiger partial charge in [0.05, 0.1) is 0 Å². The fourth-order valence-electron chi connectivity index (χ4n) is 5.06. The molecule has 6 aromatic rings. The maximum atomic E-state index is 6.24. The molecule has 1 unspecified atom stereocenters. The van der Waals surface area contributed by atoms with Gasteiger partial charge in [0.2, 0.25) is 0 Å². The molecule has 7 rings (SSSR count). The predicted molar refractivity (Wildman–Crippen MR) is 154 cm³/mol. The summed E-state index contributed by atoms with van der Waals surface area (Å²) in [6.07, 6.45) is 7.48. The number of hydrogen-bond donors (Lipinski definition) is 0. The van der Waals surface area contributed by atoms with Crippen LogP contribution in [-0.4, -0.2) is 15.0 Å². The summed E-state index contributed by atoms with van der Waals surface area (Å²) in [6, 6.07) is 32.3. The molecule has 2 heterocycles. The van der Waals surface area contributed by atoms with Crippen LogP contribution < -0.4 is 0 Å². The van der Waals surface area contributed by atoms with E-state index >= 15 is 0 Å². The minimum atomic E-state index is 0.340. The summed E-state index contributed by atoms with van der Waals surface area (Å²) >= 11 is 6.24. The maximum Gasteiger partial charge on any atom is 0.164 e. The van der Waals surface area contributed by atoms with E-state index in [0.717, 1.165) is 45.1 Å². The zero-order chi connectivity index (χ0) is 25.5. The summed E-state index contributed by atoms with van der Waals surface area (Å²) in [5, 5.41) is 2.58. The van der Waals surface area contributed by atoms with Crippen molar-refractivity contribution in [1.29, 1.82) is 0 Å². The van der Waals surface area contributed by atoms with Crippen molar-refractivity contribution in [3.05, 3.63) is 132 Å². The van der Waals surface area contributed by atoms with Crippen LogP contribution in [-0.2, 0) is 0 Å². The topological polar surface area (TPSA) is 51.8 Å². The predicted octanol–water partition coefficient (Wildman–Crippen LogP) is 8.89. The van der Waals surface area contributed by atoms with Gasteiger partial charge in [-0.15, -0.1) is 0 Å². The normalized spacial score (nSPS) is 15.2. The van der Waals surface area contributed by atoms with Crippen LogP contribution in [0.25, 0.3) is 50.3 Å². The van der Waals surface area contributed by atoms with Gasteiger partial charge in [-0.2, -0.15) is 0 Å². The lowest BCUT2D eigenvalue weighted by molar-refractivity contribution is 0.669. The minimum Gasteiger partial charge on any atom is -0.456 e. The molecule has 1 atom stereocenters. The third kappa shape index (κ3) is 4.09. The third-order valence-corrected chi connectivity index (χ3v) is 7.19. The molecule has 0 aliphatic heterocycles. The van der Waals surface area contributed by atoms with Crippen molar-refractivity contribution in [3.8, 4) is 22.8 Å². The lowest BCUT2D eigenvalue weighted by atomic mass is 9.90. The minimum absolute atomic E-state index is 0.340. The third-order valence-electron chi connectivity index (χ3n) is 6.95. The Morgan fingerprint density at radius 2 is 1.47 bits per heavy atom. The summed E-state index contributed by atoms with van der Waals surface area (Å²) < 4.78 is 6.13. The van der Waals surface area contributed by atoms with Crippen molar-refractivity contribution in [1.82, 2.24) is 15.0 Å². The van der Waals surface area contributed by atoms with Gasteiger partial charge in [0.1, 0.15) is 11.2 Å². The fraction of sp³-hybridized carbons (Fsp3) is 0.0606. The summed E-state index contributed by atoms with van der Waals surface area (Å²) in [5.41, 5.74) is 5.64. The SMILES string of the molecule is Clc1ccc2c(c1)oc1cccc(-c3nc(C4=CCC(c5ccccc5)C=C4)nc(-c4ccccc4)n3)c12. The highest BCUT2D eigenvalue weighted by molar-refractivity contribution is 6.31. The van der Waals surface area contributed by atoms with Crippen LogP contribution in [0.5, 0.6) is 0 Å². The number of halogens is 1. The van der Waals surface area contributed by atoms with Gasteiger partial charge in [-0.3, -0.25) is 0 Å². The molecule has 1 aliphatic rings. The summed E-state index contributed by atoms with van der Waals surface area (Å²) in [7, 11) is 0. The molecule has 1 aliphatic carbocycles. The number of fused-ring (bicyclic) bond motifs is 3. The van der Waals surface area contributed by atoms with E-state index in [2.05, 4.69) is 42.5 Å². The molecule has 0 spiro atoms. The van der Waals surface area contributed by atoms with Crippen molar-refractivity contribution in [2.45, 2.75) is 12.3 Å². The summed E-state index contributed by atoms with van der Waals surface area (Å²) in [6.45, 7) is 0. The van der Waals surface area contributed by atoms with Crippen LogP contribution in [0.4, 0.5) is 0 Å². The first-order chi connectivity index (χ1) is 18.7. The van der Waals surface area contributed by atoms with Gasteiger partial charge in [-0.05, 0) is 30.2 Å². The molecule has 5 heteroatoms. The first-order valence-electron chi connectivity index (χ1n) is 12.6. The van der Waals surface area contributed by atoms with E-state index in [0.29, 0.717) is 28.4 Å². The van der Waals surface area contributed by atoms with Crippen LogP contribution in [0.3, 0.4) is 0 Å². The molecule has 4 nitrogen and oxygen atoms in total. The second kappa shape index (κ2) is 9.40. The van der Waals surface area contributed by atoms with Gasteiger partial charge in [0, 0.05) is 44.5 Å². The largest absolute Gasteiger partial charge is 0.456 e. The molecule has 38 heavy (non-hydrogen) atoms. The van der Waals surface area contributed by atoms with Crippen LogP contribution >= 0.6 is 11.6 Å². The molecule has 0 bridgehead atoms. The van der Waals surface area contributed by atoms with Gasteiger partial charge < -0.3 is 4.42 Å². The quantitative estimate of drug-likeness (QED) is 0.237. The van der Waals surface area contributed by atoms with Crippen molar-refractivity contribution < 1.29 is 4.42 Å². The second-order valence-electron chi connectivity index (χ2n) is 9.36. The molecule has 0 fully saturated rings. The zero-order valence-electron chi connectivity index (χ0n) is 20.4. The van der Waals surface area contributed by atoms with Crippen molar-refractivity contribution in [2.24, 2.45) is 0 Å². The highest BCUT2D eigenvalue weighted by Gasteiger charge is 2.19. The van der Waals surface area contributed by atoms with E-state index in [-0.39, 0.29) is 0 Å². The monoisotopic (exact) mass is 511 g/mol. The Bertz CT molecular complexity index is 1860. The molecule has 0 N–H and O–H groups in total. The molecule has 0 saturated carbocycles. The molecular formula is C33H22ClN3O. The average molecular weight is 512 g/mol. The highest BCUT2D eigenvalue weighted by atomic mass is 35.5. The van der Waals surface area contributed by atoms with Crippen molar-refractivity contribution in [2.75, 3.05) is 0 Å². The number of allylic oxidation sites excluding steroid dienone is 4. The fourth-order valence-corrected chi connectivity index (χ4v) is 5.22. The summed E-state index contributed by atoms with van der Waals surface area (Å²) in [4.78, 5) is 14.8. The number of furan rings is 1. The van der Waals surface area contributed by atoms with Crippen molar-refractivity contribution >= 4 is 39.1 Å².